The van der Waals surface area contributed by atoms with E-state index in [0.717, 1.165) is 74.2 Å². The second kappa shape index (κ2) is 10.7. The van der Waals surface area contributed by atoms with Gasteiger partial charge in [0.15, 0.2) is 0 Å². The Balaban J connectivity index is 0.00000300. The number of benzene rings is 4. The molecule has 0 radical (unpaired) electrons. The summed E-state index contributed by atoms with van der Waals surface area (Å²) in [5.74, 6) is 0.736. The molecule has 5 nitrogen and oxygen atoms in total. The van der Waals surface area contributed by atoms with Crippen LogP contribution in [0.4, 0.5) is 0 Å². The number of pyridine rings is 1. The number of aryl methyl sites for hydroxylation is 3. The second-order valence-corrected chi connectivity index (χ2v) is 12.6. The Morgan fingerprint density at radius 1 is 0.711 bits per heavy atom. The van der Waals surface area contributed by atoms with Gasteiger partial charge in [-0.2, -0.15) is 6.07 Å². The summed E-state index contributed by atoms with van der Waals surface area (Å²) in [6.45, 7) is 6.43. The number of aromatic nitrogens is 3. The van der Waals surface area contributed by atoms with E-state index in [1.807, 2.05) is 12.3 Å². The van der Waals surface area contributed by atoms with Crippen molar-refractivity contribution in [2.75, 3.05) is 0 Å². The number of ether oxygens (including phenoxy) is 1. The largest absolute Gasteiger partial charge is 2.00 e. The van der Waals surface area contributed by atoms with Crippen LogP contribution < -0.4 is 0 Å². The molecule has 0 N–H and O–H groups in total. The van der Waals surface area contributed by atoms with Crippen LogP contribution in [-0.2, 0) is 25.8 Å². The van der Waals surface area contributed by atoms with Crippen LogP contribution in [0.25, 0.3) is 55.1 Å². The smallest absolute Gasteiger partial charge is 0.515 e. The minimum Gasteiger partial charge on any atom is -0.515 e. The van der Waals surface area contributed by atoms with E-state index >= 15 is 0 Å². The van der Waals surface area contributed by atoms with Crippen LogP contribution in [-0.4, -0.2) is 32.2 Å². The van der Waals surface area contributed by atoms with E-state index in [1.54, 1.807) is 0 Å². The Kier molecular flexibility index (Phi) is 6.72. The van der Waals surface area contributed by atoms with E-state index < -0.39 is 0 Å². The van der Waals surface area contributed by atoms with Crippen LogP contribution in [0.2, 0.25) is 0 Å². The number of rotatable bonds is 3. The number of hydrogen-bond donors (Lipinski definition) is 0. The van der Waals surface area contributed by atoms with E-state index in [0.29, 0.717) is 0 Å². The Hall–Kier alpha value is -4.21. The van der Waals surface area contributed by atoms with E-state index in [-0.39, 0.29) is 33.2 Å². The molecule has 0 spiro atoms. The standard InChI is InChI=1S/C39H32N4O.Pt/c1-23-10-14-34-31(19-23)29-13-12-27(43-35-15-11-24(2)20-32(35)30-7-6-16-40-38(30)43)22-36(29)42(34)28-18-25(3)17-26(21-28)39-41-33-8-4-5-9-37(33)44-39;/h6-7,10-20,33,37H,4-5,8-9H2,1-3H3;/q-2;+2/t33-,37-;/m0./s1. The minimum absolute atomic E-state index is 0. The molecule has 2 atom stereocenters. The zero-order valence-corrected chi connectivity index (χ0v) is 27.8. The maximum atomic E-state index is 6.42. The summed E-state index contributed by atoms with van der Waals surface area (Å²) in [5.41, 5.74) is 10.7. The molecule has 224 valence electrons. The third-order valence-corrected chi connectivity index (χ3v) is 9.42. The van der Waals surface area contributed by atoms with Gasteiger partial charge in [0.25, 0.3) is 0 Å². The molecule has 45 heavy (non-hydrogen) atoms. The molecule has 2 aliphatic rings. The summed E-state index contributed by atoms with van der Waals surface area (Å²) < 4.78 is 11.0. The average molecular weight is 768 g/mol. The Bertz CT molecular complexity index is 2330. The van der Waals surface area contributed by atoms with Crippen LogP contribution in [0.3, 0.4) is 0 Å². The summed E-state index contributed by atoms with van der Waals surface area (Å²) in [6.07, 6.45) is 6.70. The summed E-state index contributed by atoms with van der Waals surface area (Å²) in [5, 5.41) is 4.71. The summed E-state index contributed by atoms with van der Waals surface area (Å²) in [7, 11) is 0. The number of nitrogens with zero attached hydrogens (tertiary/aromatic N) is 4. The molecule has 4 heterocycles. The zero-order valence-electron chi connectivity index (χ0n) is 25.5. The summed E-state index contributed by atoms with van der Waals surface area (Å²) in [4.78, 5) is 9.87. The quantitative estimate of drug-likeness (QED) is 0.169. The third kappa shape index (κ3) is 4.47. The molecule has 1 aliphatic heterocycles. The summed E-state index contributed by atoms with van der Waals surface area (Å²) in [6, 6.07) is 34.1. The molecule has 0 bridgehead atoms. The molecule has 9 rings (SSSR count). The molecule has 1 fully saturated rings. The van der Waals surface area contributed by atoms with Gasteiger partial charge in [-0.15, -0.1) is 41.3 Å². The first-order chi connectivity index (χ1) is 21.5. The van der Waals surface area contributed by atoms with E-state index in [1.165, 1.54) is 34.7 Å². The first kappa shape index (κ1) is 28.3. The van der Waals surface area contributed by atoms with Crippen molar-refractivity contribution in [3.63, 3.8) is 0 Å². The predicted octanol–water partition coefficient (Wildman–Crippen LogP) is 8.89. The van der Waals surface area contributed by atoms with Gasteiger partial charge in [-0.25, -0.2) is 4.98 Å². The van der Waals surface area contributed by atoms with Gasteiger partial charge in [0.2, 0.25) is 0 Å². The van der Waals surface area contributed by atoms with Crippen molar-refractivity contribution in [1.29, 1.82) is 0 Å². The Labute approximate surface area is 276 Å². The second-order valence-electron chi connectivity index (χ2n) is 12.6. The van der Waals surface area contributed by atoms with Crippen molar-refractivity contribution in [3.8, 4) is 11.4 Å². The number of fused-ring (bicyclic) bond motifs is 7. The monoisotopic (exact) mass is 767 g/mol. The maximum Gasteiger partial charge on any atom is 2.00 e. The van der Waals surface area contributed by atoms with Crippen molar-refractivity contribution in [3.05, 3.63) is 113 Å². The Morgan fingerprint density at radius 3 is 2.27 bits per heavy atom. The van der Waals surface area contributed by atoms with Gasteiger partial charge in [0, 0.05) is 22.5 Å². The fraction of sp³-hybridized carbons (Fsp3) is 0.231. The van der Waals surface area contributed by atoms with Gasteiger partial charge >= 0.3 is 21.1 Å². The van der Waals surface area contributed by atoms with Gasteiger partial charge in [-0.3, -0.25) is 4.99 Å². The molecule has 6 heteroatoms. The minimum atomic E-state index is 0. The molecule has 0 unspecified atom stereocenters. The summed E-state index contributed by atoms with van der Waals surface area (Å²) >= 11 is 0. The zero-order chi connectivity index (χ0) is 29.5. The third-order valence-electron chi connectivity index (χ3n) is 9.42. The van der Waals surface area contributed by atoms with E-state index in [2.05, 4.69) is 109 Å². The van der Waals surface area contributed by atoms with Crippen LogP contribution in [0, 0.1) is 32.9 Å². The normalized spacial score (nSPS) is 17.9. The molecule has 4 aromatic carbocycles. The molecule has 7 aromatic rings. The van der Waals surface area contributed by atoms with Crippen molar-refractivity contribution in [2.24, 2.45) is 4.99 Å². The van der Waals surface area contributed by atoms with Crippen LogP contribution in [0.15, 0.2) is 84.0 Å². The first-order valence-electron chi connectivity index (χ1n) is 15.6. The van der Waals surface area contributed by atoms with E-state index in [9.17, 15) is 0 Å². The van der Waals surface area contributed by atoms with E-state index in [4.69, 9.17) is 14.7 Å². The SMILES string of the molecule is Cc1cc(C2=N[C@H]3CCCC[C@@H]3O2)[c-]c(-n2c3[c-]c(-n4c5ccc(C)cc5c5cccnc54)ccc3c3cc(C)ccc32)c1.[Pt+2]. The number of aliphatic imine (C=N–C) groups is 1. The molecule has 1 aliphatic carbocycles. The van der Waals surface area contributed by atoms with Gasteiger partial charge in [-0.1, -0.05) is 59.4 Å². The molecule has 3 aromatic heterocycles. The van der Waals surface area contributed by atoms with Crippen LogP contribution in [0.1, 0.15) is 47.9 Å². The molecular weight excluding hydrogens is 736 g/mol. The van der Waals surface area contributed by atoms with Crippen molar-refractivity contribution >= 4 is 49.6 Å². The van der Waals surface area contributed by atoms with Crippen LogP contribution >= 0.6 is 0 Å². The van der Waals surface area contributed by atoms with Crippen molar-refractivity contribution in [1.82, 2.24) is 14.1 Å². The topological polar surface area (TPSA) is 44.3 Å². The molecular formula is C39H32N4OPt. The van der Waals surface area contributed by atoms with Crippen molar-refractivity contribution < 1.29 is 25.8 Å². The van der Waals surface area contributed by atoms with Gasteiger partial charge in [0.1, 0.15) is 17.6 Å². The van der Waals surface area contributed by atoms with Gasteiger partial charge in [-0.05, 0) is 74.5 Å². The molecule has 0 saturated heterocycles. The van der Waals surface area contributed by atoms with Gasteiger partial charge < -0.3 is 13.9 Å². The molecule has 1 saturated carbocycles. The first-order valence-corrected chi connectivity index (χ1v) is 15.6. The number of hydrogen-bond acceptors (Lipinski definition) is 3. The van der Waals surface area contributed by atoms with Crippen LogP contribution in [0.5, 0.6) is 0 Å². The molecule has 0 amide bonds. The fourth-order valence-electron chi connectivity index (χ4n) is 7.38. The Morgan fingerprint density at radius 2 is 1.47 bits per heavy atom. The maximum absolute atomic E-state index is 6.42. The average Bonchev–Trinajstić information content (AvgIpc) is 3.70. The predicted molar refractivity (Wildman–Crippen MR) is 178 cm³/mol. The fourth-order valence-corrected chi connectivity index (χ4v) is 7.38. The van der Waals surface area contributed by atoms with Gasteiger partial charge in [0.05, 0.1) is 11.6 Å². The van der Waals surface area contributed by atoms with Crippen molar-refractivity contribution in [2.45, 2.75) is 58.6 Å².